The molecule has 1 rings (SSSR count). The van der Waals surface area contributed by atoms with Gasteiger partial charge in [0, 0.05) is 19.2 Å². The van der Waals surface area contributed by atoms with Crippen molar-refractivity contribution < 1.29 is 24.2 Å². The number of nitrogens with zero attached hydrogens (tertiary/aromatic N) is 2. The summed E-state index contributed by atoms with van der Waals surface area (Å²) in [6, 6.07) is -1.60. The van der Waals surface area contributed by atoms with Crippen LogP contribution in [0.25, 0.3) is 0 Å². The molecule has 2 amide bonds. The number of carbonyl (C=O) groups excluding carboxylic acids is 2. The quantitative estimate of drug-likeness (QED) is 0.614. The van der Waals surface area contributed by atoms with Gasteiger partial charge in [0.05, 0.1) is 19.3 Å². The topological polar surface area (TPSA) is 99.2 Å². The van der Waals surface area contributed by atoms with Gasteiger partial charge in [-0.15, -0.1) is 0 Å². The first-order chi connectivity index (χ1) is 13.3. The second kappa shape index (κ2) is 10.2. The molecule has 8 nitrogen and oxygen atoms in total. The zero-order chi connectivity index (χ0) is 22.5. The monoisotopic (exact) mass is 411 g/mol. The lowest BCUT2D eigenvalue weighted by atomic mass is 9.85. The van der Waals surface area contributed by atoms with Crippen molar-refractivity contribution in [1.29, 1.82) is 0 Å². The van der Waals surface area contributed by atoms with Crippen LogP contribution < -0.4 is 5.32 Å². The molecule has 1 aliphatic heterocycles. The summed E-state index contributed by atoms with van der Waals surface area (Å²) in [6.07, 6.45) is 1.59. The van der Waals surface area contributed by atoms with Crippen LogP contribution in [0.4, 0.5) is 0 Å². The third kappa shape index (κ3) is 6.82. The van der Waals surface area contributed by atoms with E-state index in [-0.39, 0.29) is 23.3 Å². The normalized spacial score (nSPS) is 20.9. The number of aliphatic carboxylic acids is 1. The Kier molecular flexibility index (Phi) is 8.84. The van der Waals surface area contributed by atoms with E-state index >= 15 is 0 Å². The summed E-state index contributed by atoms with van der Waals surface area (Å²) >= 11 is 0. The lowest BCUT2D eigenvalue weighted by Gasteiger charge is -2.39. The first-order valence-corrected chi connectivity index (χ1v) is 10.0. The molecule has 0 bridgehead atoms. The Labute approximate surface area is 174 Å². The first-order valence-electron chi connectivity index (χ1n) is 10.0. The van der Waals surface area contributed by atoms with Gasteiger partial charge < -0.3 is 20.1 Å². The predicted molar refractivity (Wildman–Crippen MR) is 111 cm³/mol. The molecule has 1 fully saturated rings. The largest absolute Gasteiger partial charge is 0.478 e. The van der Waals surface area contributed by atoms with E-state index in [2.05, 4.69) is 5.32 Å². The molecule has 0 aromatic heterocycles. The molecule has 1 saturated heterocycles. The number of carboxylic acids is 1. The van der Waals surface area contributed by atoms with Gasteiger partial charge >= 0.3 is 5.97 Å². The standard InChI is InChI=1S/C21H37N3O5/c1-13(2)15(11-14(3)20(27)28)24(8)19(26)17(21(4,5)6)22-18(25)16-12-29-10-9-23(16)7/h11,13,15-17H,9-10,12H2,1-8H3,(H,22,25)(H,27,28)/b14-11+/t15-,16?,17?/m1/s1. The smallest absolute Gasteiger partial charge is 0.331 e. The predicted octanol–water partition coefficient (Wildman–Crippen LogP) is 1.36. The second-order valence-corrected chi connectivity index (χ2v) is 9.22. The van der Waals surface area contributed by atoms with Crippen molar-refractivity contribution in [3.05, 3.63) is 11.6 Å². The molecule has 0 radical (unpaired) electrons. The van der Waals surface area contributed by atoms with Crippen molar-refractivity contribution in [2.45, 2.75) is 59.7 Å². The number of carbonyl (C=O) groups is 3. The van der Waals surface area contributed by atoms with Crippen molar-refractivity contribution in [2.75, 3.05) is 33.9 Å². The highest BCUT2D eigenvalue weighted by atomic mass is 16.5. The number of likely N-dealkylation sites (N-methyl/N-ethyl adjacent to an activating group) is 2. The molecule has 166 valence electrons. The van der Waals surface area contributed by atoms with Gasteiger partial charge in [0.1, 0.15) is 12.1 Å². The Morgan fingerprint density at radius 1 is 1.28 bits per heavy atom. The van der Waals surface area contributed by atoms with Crippen molar-refractivity contribution >= 4 is 17.8 Å². The molecule has 29 heavy (non-hydrogen) atoms. The van der Waals surface area contributed by atoms with Crippen LogP contribution in [-0.4, -0.2) is 84.7 Å². The van der Waals surface area contributed by atoms with Crippen LogP contribution in [-0.2, 0) is 19.1 Å². The van der Waals surface area contributed by atoms with Gasteiger partial charge in [-0.3, -0.25) is 14.5 Å². The maximum Gasteiger partial charge on any atom is 0.331 e. The summed E-state index contributed by atoms with van der Waals surface area (Å²) in [4.78, 5) is 41.0. The van der Waals surface area contributed by atoms with Crippen LogP contribution in [0.2, 0.25) is 0 Å². The number of amides is 2. The van der Waals surface area contributed by atoms with Gasteiger partial charge in [-0.05, 0) is 25.3 Å². The lowest BCUT2D eigenvalue weighted by Crippen LogP contribution is -2.60. The Morgan fingerprint density at radius 3 is 2.31 bits per heavy atom. The molecular formula is C21H37N3O5. The molecule has 2 N–H and O–H groups in total. The minimum Gasteiger partial charge on any atom is -0.478 e. The number of hydrogen-bond donors (Lipinski definition) is 2. The summed E-state index contributed by atoms with van der Waals surface area (Å²) in [5.41, 5.74) is -0.344. The minimum absolute atomic E-state index is 0.00690. The summed E-state index contributed by atoms with van der Waals surface area (Å²) < 4.78 is 5.42. The summed E-state index contributed by atoms with van der Waals surface area (Å²) in [5, 5.41) is 12.1. The second-order valence-electron chi connectivity index (χ2n) is 9.22. The van der Waals surface area contributed by atoms with Crippen LogP contribution in [0.3, 0.4) is 0 Å². The summed E-state index contributed by atoms with van der Waals surface area (Å²) in [7, 11) is 3.51. The van der Waals surface area contributed by atoms with Crippen molar-refractivity contribution in [1.82, 2.24) is 15.1 Å². The lowest BCUT2D eigenvalue weighted by molar-refractivity contribution is -0.143. The van der Waals surface area contributed by atoms with E-state index in [9.17, 15) is 19.5 Å². The van der Waals surface area contributed by atoms with E-state index in [0.29, 0.717) is 19.8 Å². The zero-order valence-electron chi connectivity index (χ0n) is 19.0. The molecule has 0 aromatic carbocycles. The molecule has 0 saturated carbocycles. The van der Waals surface area contributed by atoms with Crippen molar-refractivity contribution in [3.63, 3.8) is 0 Å². The van der Waals surface area contributed by atoms with Crippen molar-refractivity contribution in [2.24, 2.45) is 11.3 Å². The average Bonchev–Trinajstić information content (AvgIpc) is 2.61. The van der Waals surface area contributed by atoms with Gasteiger partial charge in [0.15, 0.2) is 0 Å². The average molecular weight is 412 g/mol. The highest BCUT2D eigenvalue weighted by molar-refractivity contribution is 5.91. The number of carboxylic acid groups (broad SMARTS) is 1. The van der Waals surface area contributed by atoms with E-state index in [1.165, 1.54) is 11.8 Å². The maximum absolute atomic E-state index is 13.4. The van der Waals surface area contributed by atoms with Gasteiger partial charge in [-0.2, -0.15) is 0 Å². The van der Waals surface area contributed by atoms with Gasteiger partial charge in [0.25, 0.3) is 0 Å². The summed E-state index contributed by atoms with van der Waals surface area (Å²) in [5.74, 6) is -1.50. The van der Waals surface area contributed by atoms with E-state index in [0.717, 1.165) is 0 Å². The van der Waals surface area contributed by atoms with Crippen LogP contribution in [0.15, 0.2) is 11.6 Å². The van der Waals surface area contributed by atoms with Gasteiger partial charge in [-0.25, -0.2) is 4.79 Å². The molecule has 0 aliphatic carbocycles. The summed E-state index contributed by atoms with van der Waals surface area (Å²) in [6.45, 7) is 12.6. The first kappa shape index (κ1) is 25.1. The third-order valence-electron chi connectivity index (χ3n) is 5.33. The molecule has 0 spiro atoms. The third-order valence-corrected chi connectivity index (χ3v) is 5.33. The number of ether oxygens (including phenoxy) is 1. The van der Waals surface area contributed by atoms with E-state index in [1.54, 1.807) is 13.1 Å². The van der Waals surface area contributed by atoms with E-state index < -0.39 is 29.5 Å². The zero-order valence-corrected chi connectivity index (χ0v) is 19.0. The molecule has 0 aromatic rings. The van der Waals surface area contributed by atoms with Crippen LogP contribution in [0.1, 0.15) is 41.5 Å². The van der Waals surface area contributed by atoms with E-state index in [4.69, 9.17) is 4.74 Å². The SMILES string of the molecule is C/C(=C\[C@H](C(C)C)N(C)C(=O)C(NC(=O)C1COCCN1C)C(C)(C)C)C(=O)O. The Bertz CT molecular complexity index is 639. The van der Waals surface area contributed by atoms with Crippen LogP contribution in [0.5, 0.6) is 0 Å². The van der Waals surface area contributed by atoms with E-state index in [1.807, 2.05) is 46.6 Å². The highest BCUT2D eigenvalue weighted by Gasteiger charge is 2.39. The molecule has 2 unspecified atom stereocenters. The molecule has 8 heteroatoms. The molecule has 3 atom stereocenters. The molecule has 1 aliphatic rings. The fourth-order valence-corrected chi connectivity index (χ4v) is 3.28. The van der Waals surface area contributed by atoms with Crippen LogP contribution in [0, 0.1) is 11.3 Å². The number of rotatable bonds is 7. The van der Waals surface area contributed by atoms with Crippen molar-refractivity contribution in [3.8, 4) is 0 Å². The number of hydrogen-bond acceptors (Lipinski definition) is 5. The highest BCUT2D eigenvalue weighted by Crippen LogP contribution is 2.24. The molecular weight excluding hydrogens is 374 g/mol. The Balaban J connectivity index is 3.10. The maximum atomic E-state index is 13.4. The fraction of sp³-hybridized carbons (Fsp3) is 0.762. The minimum atomic E-state index is -1.02. The van der Waals surface area contributed by atoms with Gasteiger partial charge in [0.2, 0.25) is 11.8 Å². The Hall–Kier alpha value is -1.93. The van der Waals surface area contributed by atoms with Gasteiger partial charge in [-0.1, -0.05) is 40.7 Å². The number of morpholine rings is 1. The number of nitrogens with one attached hydrogen (secondary N) is 1. The molecule has 1 heterocycles. The Morgan fingerprint density at radius 2 is 1.86 bits per heavy atom. The fourth-order valence-electron chi connectivity index (χ4n) is 3.28. The van der Waals surface area contributed by atoms with Crippen LogP contribution >= 0.6 is 0 Å².